The number of halogens is 8. The number of hydrogen-bond acceptors (Lipinski definition) is 2. The molecule has 11 heteroatoms. The van der Waals surface area contributed by atoms with Gasteiger partial charge in [0.2, 0.25) is 5.91 Å². The van der Waals surface area contributed by atoms with Crippen LogP contribution >= 0.6 is 0 Å². The zero-order valence-corrected chi connectivity index (χ0v) is 17.0. The van der Waals surface area contributed by atoms with Gasteiger partial charge < -0.3 is 10.0 Å². The van der Waals surface area contributed by atoms with Gasteiger partial charge in [-0.05, 0) is 54.3 Å². The first kappa shape index (κ1) is 24.9. The van der Waals surface area contributed by atoms with Gasteiger partial charge in [0.1, 0.15) is 0 Å². The van der Waals surface area contributed by atoms with Crippen LogP contribution in [0.15, 0.2) is 36.4 Å². The first-order valence-corrected chi connectivity index (χ1v) is 9.88. The van der Waals surface area contributed by atoms with Gasteiger partial charge in [-0.25, -0.2) is 8.78 Å². The monoisotopic (exact) mass is 481 g/mol. The van der Waals surface area contributed by atoms with Crippen LogP contribution in [0.2, 0.25) is 0 Å². The van der Waals surface area contributed by atoms with E-state index in [1.807, 2.05) is 0 Å². The van der Waals surface area contributed by atoms with E-state index < -0.39 is 53.0 Å². The van der Waals surface area contributed by atoms with Crippen LogP contribution in [0.5, 0.6) is 0 Å². The zero-order chi connectivity index (χ0) is 24.6. The number of amides is 1. The number of alkyl halides is 6. The second-order valence-electron chi connectivity index (χ2n) is 8.05. The molecule has 33 heavy (non-hydrogen) atoms. The fourth-order valence-electron chi connectivity index (χ4n) is 4.14. The molecule has 1 unspecified atom stereocenters. The quantitative estimate of drug-likeness (QED) is 0.578. The molecule has 1 aliphatic rings. The molecule has 3 rings (SSSR count). The molecule has 0 bridgehead atoms. The van der Waals surface area contributed by atoms with E-state index in [9.17, 15) is 45.0 Å². The second-order valence-corrected chi connectivity index (χ2v) is 8.05. The number of carbonyl (C=O) groups is 1. The number of likely N-dealkylation sites (tertiary alicyclic amines) is 1. The molecule has 1 amide bonds. The average molecular weight is 481 g/mol. The van der Waals surface area contributed by atoms with E-state index in [1.54, 1.807) is 0 Å². The number of hydrogen-bond donors (Lipinski definition) is 1. The molecule has 0 saturated carbocycles. The first-order valence-electron chi connectivity index (χ1n) is 9.88. The first-order chi connectivity index (χ1) is 15.2. The highest BCUT2D eigenvalue weighted by atomic mass is 19.4. The Balaban J connectivity index is 1.99. The second kappa shape index (κ2) is 8.92. The van der Waals surface area contributed by atoms with Crippen molar-refractivity contribution in [2.24, 2.45) is 0 Å². The summed E-state index contributed by atoms with van der Waals surface area (Å²) >= 11 is 0. The topological polar surface area (TPSA) is 40.5 Å². The summed E-state index contributed by atoms with van der Waals surface area (Å²) in [7, 11) is 0. The maximum Gasteiger partial charge on any atom is 0.416 e. The molecule has 1 saturated heterocycles. The molecule has 1 fully saturated rings. The van der Waals surface area contributed by atoms with Gasteiger partial charge >= 0.3 is 12.4 Å². The Bertz CT molecular complexity index is 1000. The van der Waals surface area contributed by atoms with Gasteiger partial charge in [0.25, 0.3) is 0 Å². The van der Waals surface area contributed by atoms with E-state index in [0.717, 1.165) is 17.0 Å². The number of benzene rings is 2. The number of piperidine rings is 1. The molecule has 0 spiro atoms. The summed E-state index contributed by atoms with van der Waals surface area (Å²) in [6.45, 7) is -1.14. The summed E-state index contributed by atoms with van der Waals surface area (Å²) in [6, 6.07) is 4.18. The third kappa shape index (κ3) is 5.45. The van der Waals surface area contributed by atoms with E-state index in [-0.39, 0.29) is 49.6 Å². The average Bonchev–Trinajstić information content (AvgIpc) is 2.71. The third-order valence-corrected chi connectivity index (χ3v) is 5.81. The van der Waals surface area contributed by atoms with Crippen molar-refractivity contribution < 1.29 is 45.0 Å². The van der Waals surface area contributed by atoms with Crippen molar-refractivity contribution in [3.8, 4) is 0 Å². The van der Waals surface area contributed by atoms with Gasteiger partial charge in [-0.2, -0.15) is 26.3 Å². The molecular weight excluding hydrogens is 462 g/mol. The van der Waals surface area contributed by atoms with E-state index in [1.165, 1.54) is 6.07 Å². The number of nitrogens with zero attached hydrogens (tertiary/aromatic N) is 1. The fraction of sp³-hybridized carbons (Fsp3) is 0.409. The lowest BCUT2D eigenvalue weighted by molar-refractivity contribution is -0.143. The van der Waals surface area contributed by atoms with Crippen molar-refractivity contribution in [3.63, 3.8) is 0 Å². The molecular formula is C22H19F8NO2. The Morgan fingerprint density at radius 1 is 0.909 bits per heavy atom. The highest BCUT2D eigenvalue weighted by Gasteiger charge is 2.41. The lowest BCUT2D eigenvalue weighted by atomic mass is 9.71. The molecule has 0 aromatic heterocycles. The predicted octanol–water partition coefficient (Wildman–Crippen LogP) is 5.45. The van der Waals surface area contributed by atoms with Crippen molar-refractivity contribution in [2.75, 3.05) is 13.2 Å². The summed E-state index contributed by atoms with van der Waals surface area (Å²) < 4.78 is 106. The Hall–Kier alpha value is -2.69. The maximum atomic E-state index is 13.8. The molecule has 0 aliphatic carbocycles. The van der Waals surface area contributed by atoms with Crippen LogP contribution in [-0.2, 0) is 29.1 Å². The lowest BCUT2D eigenvalue weighted by Crippen LogP contribution is -2.49. The van der Waals surface area contributed by atoms with Gasteiger partial charge in [-0.1, -0.05) is 6.07 Å². The van der Waals surface area contributed by atoms with Crippen molar-refractivity contribution in [3.05, 3.63) is 70.3 Å². The molecule has 1 aliphatic heterocycles. The van der Waals surface area contributed by atoms with E-state index >= 15 is 0 Å². The van der Waals surface area contributed by atoms with Gasteiger partial charge in [-0.3, -0.25) is 4.79 Å². The normalized spacial score (nSPS) is 19.8. The summed E-state index contributed by atoms with van der Waals surface area (Å²) in [5.41, 5.74) is -4.16. The van der Waals surface area contributed by atoms with E-state index in [0.29, 0.717) is 12.1 Å². The van der Waals surface area contributed by atoms with Gasteiger partial charge in [-0.15, -0.1) is 0 Å². The van der Waals surface area contributed by atoms with Gasteiger partial charge in [0.05, 0.1) is 11.1 Å². The Morgan fingerprint density at radius 3 is 2.03 bits per heavy atom. The molecule has 0 radical (unpaired) electrons. The van der Waals surface area contributed by atoms with Crippen molar-refractivity contribution in [2.45, 2.75) is 43.6 Å². The predicted molar refractivity (Wildman–Crippen MR) is 101 cm³/mol. The van der Waals surface area contributed by atoms with Crippen LogP contribution in [0, 0.1) is 11.6 Å². The Kier molecular flexibility index (Phi) is 6.74. The zero-order valence-electron chi connectivity index (χ0n) is 17.0. The van der Waals surface area contributed by atoms with Crippen LogP contribution in [-0.4, -0.2) is 29.1 Å². The van der Waals surface area contributed by atoms with Crippen LogP contribution in [0.3, 0.4) is 0 Å². The van der Waals surface area contributed by atoms with Gasteiger partial charge in [0, 0.05) is 31.5 Å². The highest BCUT2D eigenvalue weighted by molar-refractivity contribution is 5.77. The molecule has 3 nitrogen and oxygen atoms in total. The van der Waals surface area contributed by atoms with E-state index in [4.69, 9.17) is 0 Å². The smallest absolute Gasteiger partial charge is 0.396 e. The summed E-state index contributed by atoms with van der Waals surface area (Å²) in [5, 5.41) is 9.54. The standard InChI is InChI=1S/C22H19F8NO2/c23-17-2-1-14(10-18(17)24)20(5-6-32)4-3-19(33)31(12-20)11-13-7-15(21(25,26)27)9-16(8-13)22(28,29)30/h1-2,7-10,32H,3-6,11-12H2. The largest absolute Gasteiger partial charge is 0.416 e. The minimum Gasteiger partial charge on any atom is -0.396 e. The van der Waals surface area contributed by atoms with Crippen LogP contribution < -0.4 is 0 Å². The summed E-state index contributed by atoms with van der Waals surface area (Å²) in [5.74, 6) is -2.77. The summed E-state index contributed by atoms with van der Waals surface area (Å²) in [6.07, 6.45) is -10.0. The molecule has 1 N–H and O–H groups in total. The van der Waals surface area contributed by atoms with Gasteiger partial charge in [0.15, 0.2) is 11.6 Å². The Morgan fingerprint density at radius 2 is 1.52 bits per heavy atom. The van der Waals surface area contributed by atoms with Crippen LogP contribution in [0.1, 0.15) is 41.5 Å². The minimum atomic E-state index is -5.03. The number of carbonyl (C=O) groups excluding carboxylic acids is 1. The lowest BCUT2D eigenvalue weighted by Gasteiger charge is -2.43. The summed E-state index contributed by atoms with van der Waals surface area (Å²) in [4.78, 5) is 13.6. The number of rotatable bonds is 5. The third-order valence-electron chi connectivity index (χ3n) is 5.81. The molecule has 2 aromatic rings. The number of aliphatic hydroxyl groups is 1. The molecule has 2 aromatic carbocycles. The fourth-order valence-corrected chi connectivity index (χ4v) is 4.14. The molecule has 1 atom stereocenters. The maximum absolute atomic E-state index is 13.8. The van der Waals surface area contributed by atoms with Crippen molar-refractivity contribution in [1.29, 1.82) is 0 Å². The Labute approximate surface area is 183 Å². The number of aliphatic hydroxyl groups excluding tert-OH is 1. The SMILES string of the molecule is O=C1CCC(CCO)(c2ccc(F)c(F)c2)CN1Cc1cc(C(F)(F)F)cc(C(F)(F)F)c1. The van der Waals surface area contributed by atoms with Crippen molar-refractivity contribution >= 4 is 5.91 Å². The van der Waals surface area contributed by atoms with E-state index in [2.05, 4.69) is 0 Å². The molecule has 180 valence electrons. The molecule has 1 heterocycles. The highest BCUT2D eigenvalue weighted by Crippen LogP contribution is 2.40. The van der Waals surface area contributed by atoms with Crippen LogP contribution in [0.25, 0.3) is 0 Å². The van der Waals surface area contributed by atoms with Crippen LogP contribution in [0.4, 0.5) is 35.1 Å². The minimum absolute atomic E-state index is 0.00112. The van der Waals surface area contributed by atoms with Crippen molar-refractivity contribution in [1.82, 2.24) is 4.90 Å².